The van der Waals surface area contributed by atoms with Crippen LogP contribution in [0.15, 0.2) is 17.2 Å². The van der Waals surface area contributed by atoms with E-state index in [1.165, 1.54) is 0 Å². The van der Waals surface area contributed by atoms with Crippen LogP contribution in [0.25, 0.3) is 0 Å². The van der Waals surface area contributed by atoms with Gasteiger partial charge in [-0.25, -0.2) is 4.98 Å². The highest BCUT2D eigenvalue weighted by molar-refractivity contribution is 5.31. The van der Waals surface area contributed by atoms with E-state index in [-0.39, 0.29) is 17.9 Å². The van der Waals surface area contributed by atoms with Gasteiger partial charge in [0.1, 0.15) is 0 Å². The lowest BCUT2D eigenvalue weighted by Gasteiger charge is -2.27. The topological polar surface area (TPSA) is 70.4 Å². The molecule has 0 saturated carbocycles. The fraction of sp³-hybridized carbons (Fsp3) is 0.692. The van der Waals surface area contributed by atoms with Crippen molar-refractivity contribution in [2.24, 2.45) is 0 Å². The summed E-state index contributed by atoms with van der Waals surface area (Å²) in [5.41, 5.74) is -1.06. The molecule has 0 aromatic carbocycles. The smallest absolute Gasteiger partial charge is 0.293 e. The molecule has 0 amide bonds. The third-order valence-electron chi connectivity index (χ3n) is 2.67. The second-order valence-electron chi connectivity index (χ2n) is 5.36. The van der Waals surface area contributed by atoms with E-state index in [1.807, 2.05) is 25.9 Å². The molecule has 0 spiro atoms. The molecule has 1 aromatic heterocycles. The zero-order valence-electron chi connectivity index (χ0n) is 12.2. The average Bonchev–Trinajstić information content (AvgIpc) is 2.29. The zero-order valence-corrected chi connectivity index (χ0v) is 12.2. The molecular formula is C13H24N4O2. The molecule has 1 rings (SSSR count). The van der Waals surface area contributed by atoms with Crippen molar-refractivity contribution in [1.29, 1.82) is 0 Å². The van der Waals surface area contributed by atoms with Gasteiger partial charge in [-0.2, -0.15) is 0 Å². The van der Waals surface area contributed by atoms with Gasteiger partial charge in [0.2, 0.25) is 0 Å². The predicted octanol–water partition coefficient (Wildman–Crippen LogP) is 0.378. The minimum atomic E-state index is -0.914. The van der Waals surface area contributed by atoms with Gasteiger partial charge in [0.05, 0.1) is 5.60 Å². The molecule has 2 N–H and O–H groups in total. The Morgan fingerprint density at radius 1 is 1.53 bits per heavy atom. The Hall–Kier alpha value is -1.40. The van der Waals surface area contributed by atoms with Crippen molar-refractivity contribution in [3.05, 3.63) is 22.7 Å². The minimum Gasteiger partial charge on any atom is -0.387 e. The first kappa shape index (κ1) is 15.7. The van der Waals surface area contributed by atoms with Crippen LogP contribution < -0.4 is 10.9 Å². The number of anilines is 1. The Bertz CT molecular complexity index is 454. The second kappa shape index (κ2) is 6.68. The van der Waals surface area contributed by atoms with Gasteiger partial charge in [0.25, 0.3) is 5.56 Å². The first-order valence-electron chi connectivity index (χ1n) is 6.52. The Kier molecular flexibility index (Phi) is 5.50. The van der Waals surface area contributed by atoms with Crippen LogP contribution in [0.4, 0.5) is 5.82 Å². The summed E-state index contributed by atoms with van der Waals surface area (Å²) in [6.07, 6.45) is 4.16. The quantitative estimate of drug-likeness (QED) is 0.748. The number of nitrogens with zero attached hydrogens (tertiary/aromatic N) is 3. The molecular weight excluding hydrogens is 244 g/mol. The first-order valence-corrected chi connectivity index (χ1v) is 6.52. The predicted molar refractivity (Wildman–Crippen MR) is 76.5 cm³/mol. The van der Waals surface area contributed by atoms with Crippen LogP contribution in [0.1, 0.15) is 20.3 Å². The maximum Gasteiger partial charge on any atom is 0.293 e. The van der Waals surface area contributed by atoms with E-state index < -0.39 is 5.60 Å². The molecule has 1 atom stereocenters. The number of likely N-dealkylation sites (N-methyl/N-ethyl adjacent to an activating group) is 1. The van der Waals surface area contributed by atoms with Crippen LogP contribution >= 0.6 is 0 Å². The SMILES string of the molecule is CCCn1ccnc(NCC(C)(O)CN(C)C)c1=O. The molecule has 0 bridgehead atoms. The second-order valence-corrected chi connectivity index (χ2v) is 5.36. The van der Waals surface area contributed by atoms with Gasteiger partial charge in [-0.15, -0.1) is 0 Å². The molecule has 0 aliphatic carbocycles. The lowest BCUT2D eigenvalue weighted by molar-refractivity contribution is 0.0459. The fourth-order valence-electron chi connectivity index (χ4n) is 2.00. The van der Waals surface area contributed by atoms with Gasteiger partial charge < -0.3 is 19.9 Å². The van der Waals surface area contributed by atoms with E-state index in [1.54, 1.807) is 23.9 Å². The molecule has 6 nitrogen and oxygen atoms in total. The lowest BCUT2D eigenvalue weighted by atomic mass is 10.1. The summed E-state index contributed by atoms with van der Waals surface area (Å²) in [4.78, 5) is 18.0. The summed E-state index contributed by atoms with van der Waals surface area (Å²) in [5.74, 6) is 0.287. The Balaban J connectivity index is 2.73. The van der Waals surface area contributed by atoms with E-state index in [0.717, 1.165) is 6.42 Å². The monoisotopic (exact) mass is 268 g/mol. The molecule has 0 aliphatic heterocycles. The third-order valence-corrected chi connectivity index (χ3v) is 2.67. The van der Waals surface area contributed by atoms with Gasteiger partial charge in [0.15, 0.2) is 5.82 Å². The highest BCUT2D eigenvalue weighted by Crippen LogP contribution is 2.05. The molecule has 108 valence electrons. The zero-order chi connectivity index (χ0) is 14.5. The molecule has 6 heteroatoms. The van der Waals surface area contributed by atoms with Gasteiger partial charge >= 0.3 is 0 Å². The van der Waals surface area contributed by atoms with Crippen LogP contribution in [-0.2, 0) is 6.54 Å². The number of aryl methyl sites for hydroxylation is 1. The number of nitrogens with one attached hydrogen (secondary N) is 1. The minimum absolute atomic E-state index is 0.148. The number of rotatable bonds is 7. The molecule has 0 radical (unpaired) electrons. The normalized spacial score (nSPS) is 14.4. The Morgan fingerprint density at radius 2 is 2.21 bits per heavy atom. The van der Waals surface area contributed by atoms with E-state index in [2.05, 4.69) is 10.3 Å². The van der Waals surface area contributed by atoms with Crippen molar-refractivity contribution < 1.29 is 5.11 Å². The van der Waals surface area contributed by atoms with Gasteiger partial charge in [-0.05, 0) is 27.4 Å². The van der Waals surface area contributed by atoms with Crippen LogP contribution in [0.3, 0.4) is 0 Å². The van der Waals surface area contributed by atoms with Crippen LogP contribution in [-0.4, -0.2) is 52.3 Å². The number of aromatic nitrogens is 2. The van der Waals surface area contributed by atoms with Crippen molar-refractivity contribution in [3.63, 3.8) is 0 Å². The van der Waals surface area contributed by atoms with E-state index >= 15 is 0 Å². The summed E-state index contributed by atoms with van der Waals surface area (Å²) in [6, 6.07) is 0. The Morgan fingerprint density at radius 3 is 2.79 bits per heavy atom. The van der Waals surface area contributed by atoms with Crippen molar-refractivity contribution >= 4 is 5.82 Å². The molecule has 19 heavy (non-hydrogen) atoms. The maximum atomic E-state index is 12.0. The summed E-state index contributed by atoms with van der Waals surface area (Å²) in [6.45, 7) is 5.21. The average molecular weight is 268 g/mol. The summed E-state index contributed by atoms with van der Waals surface area (Å²) in [5, 5.41) is 13.1. The van der Waals surface area contributed by atoms with E-state index in [9.17, 15) is 9.90 Å². The van der Waals surface area contributed by atoms with Crippen LogP contribution in [0.5, 0.6) is 0 Å². The van der Waals surface area contributed by atoms with Crippen molar-refractivity contribution in [1.82, 2.24) is 14.5 Å². The molecule has 0 aliphatic rings. The van der Waals surface area contributed by atoms with Gasteiger partial charge in [0, 0.05) is 32.0 Å². The van der Waals surface area contributed by atoms with Crippen molar-refractivity contribution in [3.8, 4) is 0 Å². The number of aliphatic hydroxyl groups is 1. The molecule has 0 fully saturated rings. The number of hydrogen-bond acceptors (Lipinski definition) is 5. The largest absolute Gasteiger partial charge is 0.387 e. The molecule has 1 aromatic rings. The Labute approximate surface area is 114 Å². The molecule has 1 unspecified atom stereocenters. The summed E-state index contributed by atoms with van der Waals surface area (Å²) in [7, 11) is 3.78. The highest BCUT2D eigenvalue weighted by Gasteiger charge is 2.21. The fourth-order valence-corrected chi connectivity index (χ4v) is 2.00. The molecule has 0 saturated heterocycles. The third kappa shape index (κ3) is 5.00. The van der Waals surface area contributed by atoms with Crippen LogP contribution in [0.2, 0.25) is 0 Å². The summed E-state index contributed by atoms with van der Waals surface area (Å²) >= 11 is 0. The van der Waals surface area contributed by atoms with Crippen molar-refractivity contribution in [2.75, 3.05) is 32.5 Å². The lowest BCUT2D eigenvalue weighted by Crippen LogP contribution is -2.43. The highest BCUT2D eigenvalue weighted by atomic mass is 16.3. The van der Waals surface area contributed by atoms with E-state index in [4.69, 9.17) is 0 Å². The summed E-state index contributed by atoms with van der Waals surface area (Å²) < 4.78 is 1.62. The first-order chi connectivity index (χ1) is 8.85. The van der Waals surface area contributed by atoms with Crippen molar-refractivity contribution in [2.45, 2.75) is 32.4 Å². The van der Waals surface area contributed by atoms with Gasteiger partial charge in [-0.1, -0.05) is 6.92 Å². The van der Waals surface area contributed by atoms with E-state index in [0.29, 0.717) is 13.1 Å². The van der Waals surface area contributed by atoms with Crippen LogP contribution in [0, 0.1) is 0 Å². The molecule has 1 heterocycles. The number of hydrogen-bond donors (Lipinski definition) is 2. The standard InChI is InChI=1S/C13H24N4O2/c1-5-7-17-8-6-14-11(12(17)18)15-9-13(2,19)10-16(3)4/h6,8,19H,5,7,9-10H2,1-4H3,(H,14,15). The maximum absolute atomic E-state index is 12.0. The van der Waals surface area contributed by atoms with Gasteiger partial charge in [-0.3, -0.25) is 4.79 Å².